The van der Waals surface area contributed by atoms with Crippen molar-refractivity contribution in [3.8, 4) is 0 Å². The third-order valence-electron chi connectivity index (χ3n) is 5.30. The van der Waals surface area contributed by atoms with Gasteiger partial charge >= 0.3 is 0 Å². The van der Waals surface area contributed by atoms with E-state index < -0.39 is 21.4 Å². The van der Waals surface area contributed by atoms with E-state index in [9.17, 15) is 12.8 Å². The highest BCUT2D eigenvalue weighted by Gasteiger charge is 2.27. The molecule has 0 bridgehead atoms. The fourth-order valence-corrected chi connectivity index (χ4v) is 5.59. The van der Waals surface area contributed by atoms with E-state index in [1.165, 1.54) is 18.2 Å². The SMILES string of the molecule is CC(C)NC(=S)N(Cc1cnc(S(=O)(=O)Cc2ccccc2F)n1Cc1ccccc1)C(C)C. The lowest BCUT2D eigenvalue weighted by Crippen LogP contribution is -2.45. The Morgan fingerprint density at radius 2 is 1.74 bits per heavy atom. The van der Waals surface area contributed by atoms with E-state index in [4.69, 9.17) is 12.2 Å². The summed E-state index contributed by atoms with van der Waals surface area (Å²) in [5, 5.41) is 3.77. The van der Waals surface area contributed by atoms with Gasteiger partial charge in [-0.3, -0.25) is 0 Å². The number of nitrogens with one attached hydrogen (secondary N) is 1. The number of hydrogen-bond donors (Lipinski definition) is 1. The van der Waals surface area contributed by atoms with Gasteiger partial charge in [0.2, 0.25) is 15.0 Å². The Labute approximate surface area is 206 Å². The van der Waals surface area contributed by atoms with Gasteiger partial charge in [0.25, 0.3) is 0 Å². The summed E-state index contributed by atoms with van der Waals surface area (Å²) in [5.74, 6) is -1.02. The van der Waals surface area contributed by atoms with E-state index in [-0.39, 0.29) is 22.8 Å². The zero-order valence-corrected chi connectivity index (χ0v) is 21.5. The van der Waals surface area contributed by atoms with Crippen molar-refractivity contribution in [1.82, 2.24) is 19.8 Å². The number of thiocarbonyl (C=S) groups is 1. The van der Waals surface area contributed by atoms with Gasteiger partial charge < -0.3 is 14.8 Å². The standard InChI is InChI=1S/C25H31FN4O2S2/c1-18(2)28-24(33)29(19(3)4)16-22-14-27-25(30(22)15-20-10-6-5-7-11-20)34(31,32)17-21-12-8-9-13-23(21)26/h5-14,18-19H,15-17H2,1-4H3,(H,28,33). The number of imidazole rings is 1. The molecule has 1 N–H and O–H groups in total. The smallest absolute Gasteiger partial charge is 0.228 e. The zero-order chi connectivity index (χ0) is 24.9. The second-order valence-electron chi connectivity index (χ2n) is 8.78. The van der Waals surface area contributed by atoms with Gasteiger partial charge in [-0.1, -0.05) is 48.5 Å². The maximum absolute atomic E-state index is 14.2. The van der Waals surface area contributed by atoms with Gasteiger partial charge in [0.1, 0.15) is 5.82 Å². The van der Waals surface area contributed by atoms with E-state index in [0.717, 1.165) is 5.56 Å². The summed E-state index contributed by atoms with van der Waals surface area (Å²) >= 11 is 5.61. The molecular weight excluding hydrogens is 471 g/mol. The van der Waals surface area contributed by atoms with Crippen molar-refractivity contribution in [2.75, 3.05) is 0 Å². The third-order valence-corrected chi connectivity index (χ3v) is 7.22. The van der Waals surface area contributed by atoms with Gasteiger partial charge in [-0.2, -0.15) is 0 Å². The van der Waals surface area contributed by atoms with Gasteiger partial charge in [-0.05, 0) is 51.5 Å². The first-order chi connectivity index (χ1) is 16.1. The molecule has 0 fully saturated rings. The number of hydrogen-bond acceptors (Lipinski definition) is 4. The molecule has 0 aliphatic heterocycles. The summed E-state index contributed by atoms with van der Waals surface area (Å²) in [4.78, 5) is 6.31. The summed E-state index contributed by atoms with van der Waals surface area (Å²) in [6.45, 7) is 8.78. The monoisotopic (exact) mass is 502 g/mol. The second-order valence-corrected chi connectivity index (χ2v) is 11.1. The van der Waals surface area contributed by atoms with Crippen molar-refractivity contribution in [3.63, 3.8) is 0 Å². The Bertz CT molecular complexity index is 1220. The molecule has 3 aromatic rings. The van der Waals surface area contributed by atoms with Gasteiger partial charge in [0, 0.05) is 17.6 Å². The summed E-state index contributed by atoms with van der Waals surface area (Å²) in [7, 11) is -3.92. The molecule has 6 nitrogen and oxygen atoms in total. The molecule has 0 unspecified atom stereocenters. The van der Waals surface area contributed by atoms with Crippen LogP contribution in [0.4, 0.5) is 4.39 Å². The van der Waals surface area contributed by atoms with Crippen LogP contribution < -0.4 is 5.32 Å². The van der Waals surface area contributed by atoms with E-state index in [2.05, 4.69) is 10.3 Å². The molecule has 0 amide bonds. The van der Waals surface area contributed by atoms with Crippen LogP contribution in [0.25, 0.3) is 0 Å². The maximum Gasteiger partial charge on any atom is 0.228 e. The lowest BCUT2D eigenvalue weighted by molar-refractivity contribution is 0.325. The molecule has 182 valence electrons. The lowest BCUT2D eigenvalue weighted by atomic mass is 10.2. The molecule has 0 saturated heterocycles. The van der Waals surface area contributed by atoms with Crippen LogP contribution in [-0.4, -0.2) is 40.1 Å². The van der Waals surface area contributed by atoms with Crippen LogP contribution in [0.1, 0.15) is 44.5 Å². The Morgan fingerprint density at radius 3 is 2.35 bits per heavy atom. The molecule has 34 heavy (non-hydrogen) atoms. The minimum atomic E-state index is -3.92. The van der Waals surface area contributed by atoms with Crippen molar-refractivity contribution in [2.24, 2.45) is 0 Å². The van der Waals surface area contributed by atoms with Gasteiger partial charge in [-0.15, -0.1) is 0 Å². The number of rotatable bonds is 9. The minimum absolute atomic E-state index is 0.0808. The van der Waals surface area contributed by atoms with Crippen molar-refractivity contribution in [2.45, 2.75) is 63.8 Å². The van der Waals surface area contributed by atoms with E-state index in [1.807, 2.05) is 62.9 Å². The van der Waals surface area contributed by atoms with Crippen LogP contribution in [0.15, 0.2) is 66.0 Å². The number of nitrogens with zero attached hydrogens (tertiary/aromatic N) is 3. The molecule has 1 heterocycles. The second kappa shape index (κ2) is 11.1. The van der Waals surface area contributed by atoms with Crippen LogP contribution in [0, 0.1) is 5.82 Å². The Balaban J connectivity index is 2.02. The molecule has 0 aliphatic rings. The summed E-state index contributed by atoms with van der Waals surface area (Å²) < 4.78 is 42.7. The molecule has 3 rings (SSSR count). The average molecular weight is 503 g/mol. The maximum atomic E-state index is 14.2. The number of benzene rings is 2. The third kappa shape index (κ3) is 6.42. The van der Waals surface area contributed by atoms with Crippen molar-refractivity contribution in [3.05, 3.63) is 83.4 Å². The molecular formula is C25H31FN4O2S2. The van der Waals surface area contributed by atoms with Crippen molar-refractivity contribution >= 4 is 27.2 Å². The molecule has 0 atom stereocenters. The Hall–Kier alpha value is -2.78. The molecule has 9 heteroatoms. The first kappa shape index (κ1) is 25.8. The van der Waals surface area contributed by atoms with Crippen LogP contribution in [0.2, 0.25) is 0 Å². The van der Waals surface area contributed by atoms with Crippen LogP contribution in [0.3, 0.4) is 0 Å². The van der Waals surface area contributed by atoms with E-state index >= 15 is 0 Å². The first-order valence-electron chi connectivity index (χ1n) is 11.2. The van der Waals surface area contributed by atoms with Crippen molar-refractivity contribution in [1.29, 1.82) is 0 Å². The molecule has 0 spiro atoms. The largest absolute Gasteiger partial charge is 0.360 e. The van der Waals surface area contributed by atoms with Crippen LogP contribution in [0.5, 0.6) is 0 Å². The van der Waals surface area contributed by atoms with Gasteiger partial charge in [0.15, 0.2) is 5.11 Å². The Kier molecular flexibility index (Phi) is 8.43. The molecule has 2 aromatic carbocycles. The quantitative estimate of drug-likeness (QED) is 0.434. The summed E-state index contributed by atoms with van der Waals surface area (Å²) in [6, 6.07) is 15.7. The fraction of sp³-hybridized carbons (Fsp3) is 0.360. The van der Waals surface area contributed by atoms with Crippen LogP contribution in [-0.2, 0) is 28.7 Å². The number of aromatic nitrogens is 2. The number of halogens is 1. The summed E-state index contributed by atoms with van der Waals surface area (Å²) in [5.41, 5.74) is 1.75. The van der Waals surface area contributed by atoms with E-state index in [1.54, 1.807) is 16.8 Å². The Morgan fingerprint density at radius 1 is 1.09 bits per heavy atom. The van der Waals surface area contributed by atoms with Gasteiger partial charge in [0.05, 0.1) is 30.7 Å². The normalized spacial score (nSPS) is 11.7. The highest BCUT2D eigenvalue weighted by atomic mass is 32.2. The van der Waals surface area contributed by atoms with Gasteiger partial charge in [-0.25, -0.2) is 17.8 Å². The van der Waals surface area contributed by atoms with Crippen LogP contribution >= 0.6 is 12.2 Å². The topological polar surface area (TPSA) is 67.2 Å². The molecule has 0 aliphatic carbocycles. The van der Waals surface area contributed by atoms with E-state index in [0.29, 0.717) is 23.9 Å². The highest BCUT2D eigenvalue weighted by molar-refractivity contribution is 7.90. The predicted octanol–water partition coefficient (Wildman–Crippen LogP) is 4.54. The highest BCUT2D eigenvalue weighted by Crippen LogP contribution is 2.22. The fourth-order valence-electron chi connectivity index (χ4n) is 3.58. The predicted molar refractivity (Wildman–Crippen MR) is 137 cm³/mol. The molecule has 0 saturated carbocycles. The molecule has 0 radical (unpaired) electrons. The summed E-state index contributed by atoms with van der Waals surface area (Å²) in [6.07, 6.45) is 1.57. The van der Waals surface area contributed by atoms with Crippen molar-refractivity contribution < 1.29 is 12.8 Å². The molecule has 1 aromatic heterocycles. The minimum Gasteiger partial charge on any atom is -0.360 e. The lowest BCUT2D eigenvalue weighted by Gasteiger charge is -2.31. The first-order valence-corrected chi connectivity index (χ1v) is 13.3. The average Bonchev–Trinajstić information content (AvgIpc) is 3.16. The zero-order valence-electron chi connectivity index (χ0n) is 19.9. The number of sulfone groups is 1.